The molecule has 0 spiro atoms. The molecule has 1 radical (unpaired) electrons. The van der Waals surface area contributed by atoms with Crippen LogP contribution in [0.1, 0.15) is 24.1 Å². The molecule has 1 unspecified atom stereocenters. The standard InChI is InChI=1S/C9H9F3N/c1-6(13)7-3-2-4-8(5-7)9(10,11)12/h2-6,13H,1H3. The van der Waals surface area contributed by atoms with Gasteiger partial charge in [-0.15, -0.1) is 0 Å². The average Bonchev–Trinajstić information content (AvgIpc) is 2.03. The first-order chi connectivity index (χ1) is 5.91. The van der Waals surface area contributed by atoms with Gasteiger partial charge in [0.05, 0.1) is 5.56 Å². The average molecular weight is 188 g/mol. The monoisotopic (exact) mass is 188 g/mol. The molecule has 0 fully saturated rings. The lowest BCUT2D eigenvalue weighted by Gasteiger charge is -2.09. The van der Waals surface area contributed by atoms with Gasteiger partial charge < -0.3 is 0 Å². The molecule has 0 aliphatic carbocycles. The van der Waals surface area contributed by atoms with Crippen molar-refractivity contribution in [3.63, 3.8) is 0 Å². The van der Waals surface area contributed by atoms with Gasteiger partial charge in [-0.05, 0) is 24.6 Å². The minimum absolute atomic E-state index is 0.384. The van der Waals surface area contributed by atoms with E-state index in [1.165, 1.54) is 19.1 Å². The van der Waals surface area contributed by atoms with Crippen LogP contribution in [-0.4, -0.2) is 0 Å². The molecule has 1 nitrogen and oxygen atoms in total. The van der Waals surface area contributed by atoms with E-state index < -0.39 is 17.8 Å². The van der Waals surface area contributed by atoms with Crippen molar-refractivity contribution in [2.75, 3.05) is 0 Å². The lowest BCUT2D eigenvalue weighted by Crippen LogP contribution is -2.06. The maximum absolute atomic E-state index is 12.2. The van der Waals surface area contributed by atoms with E-state index in [4.69, 9.17) is 5.73 Å². The number of alkyl halides is 3. The third-order valence-corrected chi connectivity index (χ3v) is 1.71. The van der Waals surface area contributed by atoms with Crippen LogP contribution in [0, 0.1) is 0 Å². The molecule has 1 atom stereocenters. The largest absolute Gasteiger partial charge is 0.416 e. The molecule has 0 saturated carbocycles. The van der Waals surface area contributed by atoms with E-state index in [0.717, 1.165) is 12.1 Å². The maximum atomic E-state index is 12.2. The van der Waals surface area contributed by atoms with E-state index in [9.17, 15) is 13.2 Å². The van der Waals surface area contributed by atoms with E-state index in [-0.39, 0.29) is 0 Å². The van der Waals surface area contributed by atoms with Gasteiger partial charge >= 0.3 is 6.18 Å². The Morgan fingerprint density at radius 1 is 1.31 bits per heavy atom. The van der Waals surface area contributed by atoms with Crippen molar-refractivity contribution < 1.29 is 13.2 Å². The van der Waals surface area contributed by atoms with Crippen LogP contribution >= 0.6 is 0 Å². The van der Waals surface area contributed by atoms with Crippen LogP contribution in [0.5, 0.6) is 0 Å². The van der Waals surface area contributed by atoms with Crippen LogP contribution in [0.4, 0.5) is 13.2 Å². The lowest BCUT2D eigenvalue weighted by molar-refractivity contribution is -0.137. The highest BCUT2D eigenvalue weighted by Crippen LogP contribution is 2.30. The number of hydrogen-bond donors (Lipinski definition) is 0. The molecule has 0 saturated heterocycles. The third-order valence-electron chi connectivity index (χ3n) is 1.71. The summed E-state index contributed by atoms with van der Waals surface area (Å²) >= 11 is 0. The Hall–Kier alpha value is -1.03. The number of rotatable bonds is 1. The molecule has 71 valence electrons. The van der Waals surface area contributed by atoms with Gasteiger partial charge in [-0.2, -0.15) is 13.2 Å². The molecule has 0 aliphatic rings. The van der Waals surface area contributed by atoms with Crippen LogP contribution in [0.15, 0.2) is 24.3 Å². The summed E-state index contributed by atoms with van der Waals surface area (Å²) in [4.78, 5) is 0. The first-order valence-corrected chi connectivity index (χ1v) is 3.79. The molecule has 0 aromatic heterocycles. The normalized spacial score (nSPS) is 14.2. The minimum Gasteiger partial charge on any atom is -0.250 e. The Bertz CT molecular complexity index is 291. The fraction of sp³-hybridized carbons (Fsp3) is 0.333. The molecule has 1 aromatic rings. The van der Waals surface area contributed by atoms with Gasteiger partial charge in [0.1, 0.15) is 0 Å². The topological polar surface area (TPSA) is 23.8 Å². The van der Waals surface area contributed by atoms with Crippen molar-refractivity contribution in [2.45, 2.75) is 19.1 Å². The number of nitrogens with one attached hydrogen (secondary N) is 1. The Morgan fingerprint density at radius 3 is 2.38 bits per heavy atom. The second-order valence-corrected chi connectivity index (χ2v) is 2.84. The molecule has 13 heavy (non-hydrogen) atoms. The Labute approximate surface area is 74.4 Å². The van der Waals surface area contributed by atoms with Crippen molar-refractivity contribution in [2.24, 2.45) is 0 Å². The quantitative estimate of drug-likeness (QED) is 0.646. The molecule has 1 aromatic carbocycles. The molecule has 0 aliphatic heterocycles. The van der Waals surface area contributed by atoms with Crippen LogP contribution < -0.4 is 5.73 Å². The van der Waals surface area contributed by atoms with Crippen molar-refractivity contribution in [1.82, 2.24) is 5.73 Å². The summed E-state index contributed by atoms with van der Waals surface area (Å²) in [5, 5.41) is 0. The summed E-state index contributed by atoms with van der Waals surface area (Å²) in [5.74, 6) is 0. The van der Waals surface area contributed by atoms with E-state index in [0.29, 0.717) is 5.56 Å². The predicted octanol–water partition coefficient (Wildman–Crippen LogP) is 3.05. The molecular formula is C9H9F3N. The van der Waals surface area contributed by atoms with Gasteiger partial charge in [0.25, 0.3) is 0 Å². The summed E-state index contributed by atoms with van der Waals surface area (Å²) in [5.41, 5.74) is 6.95. The fourth-order valence-corrected chi connectivity index (χ4v) is 0.984. The SMILES string of the molecule is CC([NH])c1cccc(C(F)(F)F)c1. The molecule has 0 bridgehead atoms. The van der Waals surface area contributed by atoms with Gasteiger partial charge in [0.15, 0.2) is 0 Å². The minimum atomic E-state index is -4.31. The summed E-state index contributed by atoms with van der Waals surface area (Å²) < 4.78 is 36.5. The molecule has 1 N–H and O–H groups in total. The van der Waals surface area contributed by atoms with E-state index in [1.807, 2.05) is 0 Å². The Kier molecular flexibility index (Phi) is 2.61. The number of hydrogen-bond acceptors (Lipinski definition) is 0. The second kappa shape index (κ2) is 3.38. The zero-order chi connectivity index (χ0) is 10.1. The zero-order valence-corrected chi connectivity index (χ0v) is 7.02. The maximum Gasteiger partial charge on any atom is 0.416 e. The van der Waals surface area contributed by atoms with Crippen LogP contribution in [-0.2, 0) is 6.18 Å². The van der Waals surface area contributed by atoms with Crippen molar-refractivity contribution in [3.05, 3.63) is 35.4 Å². The molecular weight excluding hydrogens is 179 g/mol. The van der Waals surface area contributed by atoms with Gasteiger partial charge in [0.2, 0.25) is 0 Å². The van der Waals surface area contributed by atoms with Crippen molar-refractivity contribution in [3.8, 4) is 0 Å². The van der Waals surface area contributed by atoms with Gasteiger partial charge in [-0.25, -0.2) is 0 Å². The molecule has 0 heterocycles. The van der Waals surface area contributed by atoms with E-state index >= 15 is 0 Å². The zero-order valence-electron chi connectivity index (χ0n) is 7.02. The smallest absolute Gasteiger partial charge is 0.250 e. The summed E-state index contributed by atoms with van der Waals surface area (Å²) in [7, 11) is 0. The number of halogens is 3. The Morgan fingerprint density at radius 2 is 1.92 bits per heavy atom. The van der Waals surface area contributed by atoms with E-state index in [2.05, 4.69) is 0 Å². The summed E-state index contributed by atoms with van der Waals surface area (Å²) in [6.45, 7) is 1.54. The first kappa shape index (κ1) is 10.1. The fourth-order valence-electron chi connectivity index (χ4n) is 0.984. The second-order valence-electron chi connectivity index (χ2n) is 2.84. The highest BCUT2D eigenvalue weighted by atomic mass is 19.4. The summed E-state index contributed by atoms with van der Waals surface area (Å²) in [6, 6.07) is 4.24. The van der Waals surface area contributed by atoms with Crippen LogP contribution in [0.25, 0.3) is 0 Å². The predicted molar refractivity (Wildman–Crippen MR) is 43.0 cm³/mol. The van der Waals surface area contributed by atoms with Gasteiger partial charge in [0, 0.05) is 6.04 Å². The molecule has 1 rings (SSSR count). The highest BCUT2D eigenvalue weighted by Gasteiger charge is 2.30. The first-order valence-electron chi connectivity index (χ1n) is 3.79. The van der Waals surface area contributed by atoms with E-state index in [1.54, 1.807) is 0 Å². The van der Waals surface area contributed by atoms with Crippen LogP contribution in [0.3, 0.4) is 0 Å². The Balaban J connectivity index is 3.06. The molecule has 0 amide bonds. The highest BCUT2D eigenvalue weighted by molar-refractivity contribution is 5.27. The van der Waals surface area contributed by atoms with Crippen molar-refractivity contribution in [1.29, 1.82) is 0 Å². The molecule has 4 heteroatoms. The lowest BCUT2D eigenvalue weighted by atomic mass is 10.1. The van der Waals surface area contributed by atoms with Gasteiger partial charge in [-0.3, -0.25) is 5.73 Å². The van der Waals surface area contributed by atoms with Crippen molar-refractivity contribution >= 4 is 0 Å². The number of benzene rings is 1. The van der Waals surface area contributed by atoms with Gasteiger partial charge in [-0.1, -0.05) is 12.1 Å². The third kappa shape index (κ3) is 2.45. The summed E-state index contributed by atoms with van der Waals surface area (Å²) in [6.07, 6.45) is -4.31. The van der Waals surface area contributed by atoms with Crippen LogP contribution in [0.2, 0.25) is 0 Å².